The minimum Gasteiger partial charge on any atom is -0.480 e. The first-order valence-corrected chi connectivity index (χ1v) is 7.03. The maximum Gasteiger partial charge on any atom is 0.226 e. The fourth-order valence-electron chi connectivity index (χ4n) is 2.04. The number of hydrogen-bond donors (Lipinski definition) is 0. The number of benzene rings is 2. The predicted octanol–water partition coefficient (Wildman–Crippen LogP) is 4.67. The van der Waals surface area contributed by atoms with E-state index in [0.717, 1.165) is 11.1 Å². The Morgan fingerprint density at radius 3 is 2.68 bits per heavy atom. The van der Waals surface area contributed by atoms with Crippen LogP contribution < -0.4 is 4.74 Å². The van der Waals surface area contributed by atoms with Crippen LogP contribution in [0.3, 0.4) is 0 Å². The molecule has 0 atom stereocenters. The zero-order valence-electron chi connectivity index (χ0n) is 11.6. The fraction of sp³-hybridized carbons (Fsp3) is 0.0556. The van der Waals surface area contributed by atoms with Gasteiger partial charge in [0.15, 0.2) is 5.76 Å². The molecule has 1 heterocycles. The van der Waals surface area contributed by atoms with Crippen molar-refractivity contribution in [1.82, 2.24) is 4.98 Å². The van der Waals surface area contributed by atoms with Crippen LogP contribution >= 0.6 is 11.6 Å². The van der Waals surface area contributed by atoms with E-state index in [0.29, 0.717) is 22.4 Å². The molecule has 0 unspecified atom stereocenters. The van der Waals surface area contributed by atoms with Crippen LogP contribution in [0.4, 0.5) is 0 Å². The molecule has 0 aliphatic carbocycles. The number of halogens is 1. The summed E-state index contributed by atoms with van der Waals surface area (Å²) < 4.78 is 11.4. The Kier molecular flexibility index (Phi) is 4.13. The number of ether oxygens (including phenoxy) is 1. The van der Waals surface area contributed by atoms with E-state index in [2.05, 4.69) is 10.9 Å². The van der Waals surface area contributed by atoms with Crippen LogP contribution in [-0.2, 0) is 0 Å². The summed E-state index contributed by atoms with van der Waals surface area (Å²) in [4.78, 5) is 4.31. The summed E-state index contributed by atoms with van der Waals surface area (Å²) in [6.07, 6.45) is 6.90. The van der Waals surface area contributed by atoms with E-state index >= 15 is 0 Å². The Bertz CT molecular complexity index is 816. The van der Waals surface area contributed by atoms with Crippen LogP contribution in [0, 0.1) is 12.3 Å². The maximum absolute atomic E-state index is 5.89. The summed E-state index contributed by atoms with van der Waals surface area (Å²) in [5.74, 6) is 4.27. The van der Waals surface area contributed by atoms with E-state index in [-0.39, 0.29) is 6.61 Å². The highest BCUT2D eigenvalue weighted by Crippen LogP contribution is 2.32. The summed E-state index contributed by atoms with van der Waals surface area (Å²) in [6, 6.07) is 14.8. The van der Waals surface area contributed by atoms with E-state index in [1.807, 2.05) is 36.4 Å². The lowest BCUT2D eigenvalue weighted by Gasteiger charge is -2.06. The molecule has 0 bridgehead atoms. The molecule has 3 nitrogen and oxygen atoms in total. The molecule has 108 valence electrons. The highest BCUT2D eigenvalue weighted by molar-refractivity contribution is 6.30. The molecule has 0 N–H and O–H groups in total. The van der Waals surface area contributed by atoms with E-state index in [4.69, 9.17) is 27.2 Å². The van der Waals surface area contributed by atoms with Crippen molar-refractivity contribution in [3.05, 3.63) is 59.8 Å². The molecule has 1 aromatic heterocycles. The van der Waals surface area contributed by atoms with Gasteiger partial charge in [-0.3, -0.25) is 0 Å². The number of rotatable bonds is 4. The first-order valence-electron chi connectivity index (χ1n) is 6.65. The molecule has 3 rings (SSSR count). The van der Waals surface area contributed by atoms with Crippen LogP contribution in [0.1, 0.15) is 0 Å². The lowest BCUT2D eigenvalue weighted by molar-refractivity contribution is 0.371. The van der Waals surface area contributed by atoms with Gasteiger partial charge in [0.25, 0.3) is 0 Å². The standard InChI is InChI=1S/C18H12ClNO2/c1-2-11-21-16-6-4-3-5-15(16)17-12-20-18(22-17)13-7-9-14(19)10-8-13/h1,3-10,12H,11H2. The van der Waals surface area contributed by atoms with Crippen LogP contribution in [0.5, 0.6) is 5.75 Å². The highest BCUT2D eigenvalue weighted by Gasteiger charge is 2.12. The molecular formula is C18H12ClNO2. The Labute approximate surface area is 133 Å². The number of hydrogen-bond acceptors (Lipinski definition) is 3. The van der Waals surface area contributed by atoms with E-state index in [1.54, 1.807) is 18.3 Å². The molecule has 0 saturated heterocycles. The smallest absolute Gasteiger partial charge is 0.226 e. The SMILES string of the molecule is C#CCOc1ccccc1-c1cnc(-c2ccc(Cl)cc2)o1. The summed E-state index contributed by atoms with van der Waals surface area (Å²) in [5.41, 5.74) is 1.67. The average molecular weight is 310 g/mol. The Morgan fingerprint density at radius 1 is 1.14 bits per heavy atom. The first kappa shape index (κ1) is 14.2. The van der Waals surface area contributed by atoms with Gasteiger partial charge in [-0.2, -0.15) is 0 Å². The van der Waals surface area contributed by atoms with Crippen molar-refractivity contribution in [2.24, 2.45) is 0 Å². The molecule has 0 saturated carbocycles. The van der Waals surface area contributed by atoms with Gasteiger partial charge in [0.2, 0.25) is 5.89 Å². The molecule has 0 spiro atoms. The van der Waals surface area contributed by atoms with Crippen molar-refractivity contribution >= 4 is 11.6 Å². The quantitative estimate of drug-likeness (QED) is 0.657. The van der Waals surface area contributed by atoms with Gasteiger partial charge in [-0.05, 0) is 36.4 Å². The third kappa shape index (κ3) is 2.98. The fourth-order valence-corrected chi connectivity index (χ4v) is 2.17. The lowest BCUT2D eigenvalue weighted by atomic mass is 10.1. The second kappa shape index (κ2) is 6.38. The first-order chi connectivity index (χ1) is 10.8. The third-order valence-electron chi connectivity index (χ3n) is 3.06. The average Bonchev–Trinajstić information content (AvgIpc) is 3.03. The molecule has 22 heavy (non-hydrogen) atoms. The topological polar surface area (TPSA) is 35.3 Å². The normalized spacial score (nSPS) is 10.2. The summed E-state index contributed by atoms with van der Waals surface area (Å²) in [5, 5.41) is 0.670. The molecular weight excluding hydrogens is 298 g/mol. The summed E-state index contributed by atoms with van der Waals surface area (Å²) in [6.45, 7) is 0.204. The zero-order chi connectivity index (χ0) is 15.4. The van der Waals surface area contributed by atoms with Crippen molar-refractivity contribution in [3.8, 4) is 40.9 Å². The third-order valence-corrected chi connectivity index (χ3v) is 3.31. The highest BCUT2D eigenvalue weighted by atomic mass is 35.5. The van der Waals surface area contributed by atoms with Gasteiger partial charge in [-0.25, -0.2) is 4.98 Å². The second-order valence-electron chi connectivity index (χ2n) is 4.53. The van der Waals surface area contributed by atoms with Crippen molar-refractivity contribution in [2.75, 3.05) is 6.61 Å². The number of para-hydroxylation sites is 1. The molecule has 0 fully saturated rings. The second-order valence-corrected chi connectivity index (χ2v) is 4.96. The van der Waals surface area contributed by atoms with E-state index in [1.165, 1.54) is 0 Å². The van der Waals surface area contributed by atoms with Crippen molar-refractivity contribution < 1.29 is 9.15 Å². The lowest BCUT2D eigenvalue weighted by Crippen LogP contribution is -1.94. The van der Waals surface area contributed by atoms with Gasteiger partial charge < -0.3 is 9.15 Å². The molecule has 3 aromatic rings. The van der Waals surface area contributed by atoms with Crippen LogP contribution in [0.25, 0.3) is 22.8 Å². The number of terminal acetylenes is 1. The Balaban J connectivity index is 1.94. The van der Waals surface area contributed by atoms with Gasteiger partial charge in [0, 0.05) is 10.6 Å². The van der Waals surface area contributed by atoms with Gasteiger partial charge in [0.1, 0.15) is 12.4 Å². The van der Waals surface area contributed by atoms with Crippen LogP contribution in [-0.4, -0.2) is 11.6 Å². The Morgan fingerprint density at radius 2 is 1.91 bits per heavy atom. The predicted molar refractivity (Wildman–Crippen MR) is 86.7 cm³/mol. The number of aromatic nitrogens is 1. The number of oxazole rings is 1. The minimum absolute atomic E-state index is 0.204. The van der Waals surface area contributed by atoms with E-state index in [9.17, 15) is 0 Å². The Hall–Kier alpha value is -2.70. The van der Waals surface area contributed by atoms with Gasteiger partial charge >= 0.3 is 0 Å². The monoisotopic (exact) mass is 309 g/mol. The van der Waals surface area contributed by atoms with Gasteiger partial charge in [-0.1, -0.05) is 29.7 Å². The minimum atomic E-state index is 0.204. The van der Waals surface area contributed by atoms with Crippen LogP contribution in [0.15, 0.2) is 59.1 Å². The number of nitrogens with zero attached hydrogens (tertiary/aromatic N) is 1. The van der Waals surface area contributed by atoms with Crippen molar-refractivity contribution in [2.45, 2.75) is 0 Å². The molecule has 0 amide bonds. The molecule has 0 radical (unpaired) electrons. The molecule has 0 aliphatic heterocycles. The van der Waals surface area contributed by atoms with Crippen molar-refractivity contribution in [3.63, 3.8) is 0 Å². The maximum atomic E-state index is 5.89. The van der Waals surface area contributed by atoms with Gasteiger partial charge in [0.05, 0.1) is 11.8 Å². The van der Waals surface area contributed by atoms with Gasteiger partial charge in [-0.15, -0.1) is 6.42 Å². The summed E-state index contributed by atoms with van der Waals surface area (Å²) >= 11 is 5.89. The molecule has 0 aliphatic rings. The van der Waals surface area contributed by atoms with Crippen molar-refractivity contribution in [1.29, 1.82) is 0 Å². The largest absolute Gasteiger partial charge is 0.480 e. The summed E-state index contributed by atoms with van der Waals surface area (Å²) in [7, 11) is 0. The van der Waals surface area contributed by atoms with E-state index < -0.39 is 0 Å². The van der Waals surface area contributed by atoms with Crippen LogP contribution in [0.2, 0.25) is 5.02 Å². The molecule has 4 heteroatoms. The zero-order valence-corrected chi connectivity index (χ0v) is 12.4. The molecule has 2 aromatic carbocycles.